The number of imidazole rings is 1. The third-order valence-electron chi connectivity index (χ3n) is 6.33. The third kappa shape index (κ3) is 3.12. The van der Waals surface area contributed by atoms with Crippen LogP contribution in [0, 0.1) is 6.92 Å². The highest BCUT2D eigenvalue weighted by molar-refractivity contribution is 5.95. The third-order valence-corrected chi connectivity index (χ3v) is 6.33. The molecule has 1 fully saturated rings. The normalized spacial score (nSPS) is 16.7. The van der Waals surface area contributed by atoms with Crippen LogP contribution in [-0.2, 0) is 14.1 Å². The Morgan fingerprint density at radius 1 is 1.12 bits per heavy atom. The molecule has 1 atom stereocenters. The molecule has 0 saturated carbocycles. The molecule has 1 unspecified atom stereocenters. The Labute approximate surface area is 183 Å². The number of aromatic nitrogens is 5. The molecule has 4 heterocycles. The molecule has 5 rings (SSSR count). The summed E-state index contributed by atoms with van der Waals surface area (Å²) in [6.45, 7) is 2.93. The molecule has 1 N–H and O–H groups in total. The molecule has 1 aliphatic heterocycles. The quantitative estimate of drug-likeness (QED) is 0.520. The van der Waals surface area contributed by atoms with Crippen LogP contribution in [0.5, 0.6) is 0 Å². The van der Waals surface area contributed by atoms with Crippen molar-refractivity contribution in [1.82, 2.24) is 29.0 Å². The van der Waals surface area contributed by atoms with Gasteiger partial charge in [0.2, 0.25) is 0 Å². The summed E-state index contributed by atoms with van der Waals surface area (Å²) in [4.78, 5) is 52.6. The fraction of sp³-hybridized carbons (Fsp3) is 0.348. The second-order valence-electron chi connectivity index (χ2n) is 8.46. The number of para-hydroxylation sites is 2. The molecular formula is C23H24N6O3. The van der Waals surface area contributed by atoms with Gasteiger partial charge in [-0.05, 0) is 43.5 Å². The van der Waals surface area contributed by atoms with Crippen molar-refractivity contribution in [2.75, 3.05) is 13.1 Å². The Bertz CT molecular complexity index is 1460. The summed E-state index contributed by atoms with van der Waals surface area (Å²) in [7, 11) is 3.00. The Balaban J connectivity index is 1.49. The molecule has 3 aromatic heterocycles. The summed E-state index contributed by atoms with van der Waals surface area (Å²) in [5, 5.41) is 0.352. The summed E-state index contributed by atoms with van der Waals surface area (Å²) < 4.78 is 2.37. The average Bonchev–Trinajstić information content (AvgIpc) is 3.25. The zero-order valence-electron chi connectivity index (χ0n) is 18.3. The summed E-state index contributed by atoms with van der Waals surface area (Å²) in [6.07, 6.45) is 1.80. The number of benzene rings is 1. The Kier molecular flexibility index (Phi) is 4.69. The van der Waals surface area contributed by atoms with E-state index < -0.39 is 11.2 Å². The molecule has 9 heteroatoms. The van der Waals surface area contributed by atoms with Crippen molar-refractivity contribution in [3.8, 4) is 0 Å². The van der Waals surface area contributed by atoms with E-state index in [9.17, 15) is 14.4 Å². The van der Waals surface area contributed by atoms with Gasteiger partial charge in [-0.15, -0.1) is 0 Å². The number of aromatic amines is 1. The lowest BCUT2D eigenvalue weighted by Crippen LogP contribution is -2.40. The van der Waals surface area contributed by atoms with Gasteiger partial charge in [0, 0.05) is 33.1 Å². The number of pyridine rings is 1. The van der Waals surface area contributed by atoms with E-state index in [0.717, 1.165) is 34.3 Å². The molecule has 164 valence electrons. The number of piperidine rings is 1. The van der Waals surface area contributed by atoms with Crippen LogP contribution in [-0.4, -0.2) is 48.0 Å². The predicted octanol–water partition coefficient (Wildman–Crippen LogP) is 1.84. The number of nitrogens with zero attached hydrogens (tertiary/aromatic N) is 5. The minimum atomic E-state index is -0.470. The van der Waals surface area contributed by atoms with Gasteiger partial charge < -0.3 is 9.88 Å². The molecular weight excluding hydrogens is 408 g/mol. The van der Waals surface area contributed by atoms with Crippen LogP contribution < -0.4 is 11.2 Å². The lowest BCUT2D eigenvalue weighted by Gasteiger charge is -2.31. The fourth-order valence-corrected chi connectivity index (χ4v) is 4.56. The lowest BCUT2D eigenvalue weighted by atomic mass is 9.97. The number of fused-ring (bicyclic) bond motifs is 2. The van der Waals surface area contributed by atoms with E-state index in [1.165, 1.54) is 11.6 Å². The second-order valence-corrected chi connectivity index (χ2v) is 8.46. The van der Waals surface area contributed by atoms with Gasteiger partial charge in [-0.25, -0.2) is 14.8 Å². The van der Waals surface area contributed by atoms with Crippen molar-refractivity contribution in [3.63, 3.8) is 0 Å². The molecule has 0 bridgehead atoms. The summed E-state index contributed by atoms with van der Waals surface area (Å²) in [5.74, 6) is 0.791. The highest BCUT2D eigenvalue weighted by Gasteiger charge is 2.29. The highest BCUT2D eigenvalue weighted by Crippen LogP contribution is 2.27. The summed E-state index contributed by atoms with van der Waals surface area (Å²) >= 11 is 0. The average molecular weight is 432 g/mol. The van der Waals surface area contributed by atoms with E-state index in [0.29, 0.717) is 24.0 Å². The van der Waals surface area contributed by atoms with Crippen molar-refractivity contribution in [3.05, 3.63) is 68.3 Å². The molecule has 4 aromatic rings. The fourth-order valence-electron chi connectivity index (χ4n) is 4.56. The molecule has 0 aliphatic carbocycles. The zero-order valence-corrected chi connectivity index (χ0v) is 18.3. The first-order valence-corrected chi connectivity index (χ1v) is 10.7. The van der Waals surface area contributed by atoms with Crippen molar-refractivity contribution < 1.29 is 4.79 Å². The first-order chi connectivity index (χ1) is 15.3. The predicted molar refractivity (Wildman–Crippen MR) is 121 cm³/mol. The van der Waals surface area contributed by atoms with Crippen molar-refractivity contribution >= 4 is 28.0 Å². The lowest BCUT2D eigenvalue weighted by molar-refractivity contribution is 0.0699. The van der Waals surface area contributed by atoms with Crippen LogP contribution in [0.3, 0.4) is 0 Å². The SMILES string of the molecule is Cc1cc(C(=O)N2CCCC(c3nc4ccccc4[nH]3)C2)nc2c1c(=O)n(C)c(=O)n2C. The van der Waals surface area contributed by atoms with Crippen LogP contribution in [0.15, 0.2) is 39.9 Å². The van der Waals surface area contributed by atoms with Crippen LogP contribution in [0.2, 0.25) is 0 Å². The summed E-state index contributed by atoms with van der Waals surface area (Å²) in [5.41, 5.74) is 2.12. The van der Waals surface area contributed by atoms with E-state index >= 15 is 0 Å². The maximum atomic E-state index is 13.4. The van der Waals surface area contributed by atoms with E-state index in [1.54, 1.807) is 24.9 Å². The first kappa shape index (κ1) is 20.2. The van der Waals surface area contributed by atoms with Gasteiger partial charge in [0.1, 0.15) is 17.2 Å². The maximum absolute atomic E-state index is 13.4. The number of aryl methyl sites for hydroxylation is 2. The van der Waals surface area contributed by atoms with Crippen LogP contribution in [0.25, 0.3) is 22.1 Å². The number of hydrogen-bond donors (Lipinski definition) is 1. The van der Waals surface area contributed by atoms with Gasteiger partial charge in [0.25, 0.3) is 11.5 Å². The number of carbonyl (C=O) groups excluding carboxylic acids is 1. The minimum Gasteiger partial charge on any atom is -0.342 e. The van der Waals surface area contributed by atoms with Gasteiger partial charge >= 0.3 is 5.69 Å². The molecule has 0 spiro atoms. The van der Waals surface area contributed by atoms with E-state index in [4.69, 9.17) is 4.98 Å². The van der Waals surface area contributed by atoms with E-state index in [1.807, 2.05) is 24.3 Å². The van der Waals surface area contributed by atoms with Gasteiger partial charge in [-0.2, -0.15) is 0 Å². The molecule has 0 radical (unpaired) electrons. The van der Waals surface area contributed by atoms with Crippen molar-refractivity contribution in [2.24, 2.45) is 14.1 Å². The van der Waals surface area contributed by atoms with Crippen LogP contribution >= 0.6 is 0 Å². The molecule has 9 nitrogen and oxygen atoms in total. The Morgan fingerprint density at radius 3 is 2.69 bits per heavy atom. The minimum absolute atomic E-state index is 0.110. The number of amides is 1. The Morgan fingerprint density at radius 2 is 1.91 bits per heavy atom. The monoisotopic (exact) mass is 432 g/mol. The van der Waals surface area contributed by atoms with E-state index in [-0.39, 0.29) is 23.2 Å². The Hall–Kier alpha value is -3.75. The van der Waals surface area contributed by atoms with Crippen LogP contribution in [0.4, 0.5) is 0 Å². The molecule has 1 aromatic carbocycles. The number of hydrogen-bond acceptors (Lipinski definition) is 5. The standard InChI is InChI=1S/C23H24N6O3/c1-13-11-17(26-20-18(13)22(31)28(3)23(32)27(20)2)21(30)29-10-6-7-14(12-29)19-24-15-8-4-5-9-16(15)25-19/h4-5,8-9,11,14H,6-7,10,12H2,1-3H3,(H,24,25). The summed E-state index contributed by atoms with van der Waals surface area (Å²) in [6, 6.07) is 9.53. The number of rotatable bonds is 2. The van der Waals surface area contributed by atoms with Gasteiger partial charge in [0.15, 0.2) is 0 Å². The van der Waals surface area contributed by atoms with Gasteiger partial charge in [0.05, 0.1) is 16.4 Å². The topological polar surface area (TPSA) is 106 Å². The van der Waals surface area contributed by atoms with Crippen molar-refractivity contribution in [2.45, 2.75) is 25.7 Å². The number of likely N-dealkylation sites (tertiary alicyclic amines) is 1. The maximum Gasteiger partial charge on any atom is 0.332 e. The van der Waals surface area contributed by atoms with E-state index in [2.05, 4.69) is 9.97 Å². The largest absolute Gasteiger partial charge is 0.342 e. The zero-order chi connectivity index (χ0) is 22.6. The molecule has 1 saturated heterocycles. The van der Waals surface area contributed by atoms with Gasteiger partial charge in [-0.1, -0.05) is 12.1 Å². The van der Waals surface area contributed by atoms with Crippen LogP contribution in [0.1, 0.15) is 40.6 Å². The van der Waals surface area contributed by atoms with Gasteiger partial charge in [-0.3, -0.25) is 18.7 Å². The van der Waals surface area contributed by atoms with Crippen molar-refractivity contribution in [1.29, 1.82) is 0 Å². The second kappa shape index (κ2) is 7.44. The molecule has 32 heavy (non-hydrogen) atoms. The smallest absolute Gasteiger partial charge is 0.332 e. The first-order valence-electron chi connectivity index (χ1n) is 10.7. The number of carbonyl (C=O) groups is 1. The number of H-pyrrole nitrogens is 1. The molecule has 1 amide bonds. The number of nitrogens with one attached hydrogen (secondary N) is 1. The highest BCUT2D eigenvalue weighted by atomic mass is 16.2. The molecule has 1 aliphatic rings.